The zero-order valence-corrected chi connectivity index (χ0v) is 26.0. The topological polar surface area (TPSA) is 107 Å². The SMILES string of the molecule is C=CCOc1ccc(C2C(C(=O)OCC)=C(C)NC(=S)N2C(=O)/C(C)=C/c2cc(OC)c(O)cc2Br)cc1OCC. The van der Waals surface area contributed by atoms with Gasteiger partial charge >= 0.3 is 5.97 Å². The molecule has 0 fully saturated rings. The highest BCUT2D eigenvalue weighted by atomic mass is 79.9. The second-order valence-electron chi connectivity index (χ2n) is 8.88. The van der Waals surface area contributed by atoms with E-state index in [9.17, 15) is 14.7 Å². The molecule has 0 spiro atoms. The third-order valence-electron chi connectivity index (χ3n) is 6.11. The largest absolute Gasteiger partial charge is 0.504 e. The van der Waals surface area contributed by atoms with Gasteiger partial charge in [0.1, 0.15) is 6.61 Å². The number of rotatable bonds is 11. The van der Waals surface area contributed by atoms with Gasteiger partial charge in [0.05, 0.1) is 31.9 Å². The van der Waals surface area contributed by atoms with Gasteiger partial charge in [0.2, 0.25) is 0 Å². The molecule has 218 valence electrons. The number of phenolic OH excluding ortho intramolecular Hbond substituents is 1. The molecule has 0 saturated carbocycles. The predicted molar refractivity (Wildman–Crippen MR) is 164 cm³/mol. The van der Waals surface area contributed by atoms with Crippen LogP contribution in [0.3, 0.4) is 0 Å². The Kier molecular flexibility index (Phi) is 11.0. The summed E-state index contributed by atoms with van der Waals surface area (Å²) in [4.78, 5) is 28.7. The molecule has 0 bridgehead atoms. The van der Waals surface area contributed by atoms with Crippen LogP contribution in [-0.4, -0.2) is 53.9 Å². The van der Waals surface area contributed by atoms with Crippen LogP contribution in [0.15, 0.2) is 64.3 Å². The average Bonchev–Trinajstić information content (AvgIpc) is 2.93. The number of hydrogen-bond donors (Lipinski definition) is 2. The summed E-state index contributed by atoms with van der Waals surface area (Å²) in [5.74, 6) is 0.0962. The number of halogens is 1. The summed E-state index contributed by atoms with van der Waals surface area (Å²) in [6, 6.07) is 7.36. The number of thiocarbonyl (C=S) groups is 1. The number of nitrogens with zero attached hydrogens (tertiary/aromatic N) is 1. The highest BCUT2D eigenvalue weighted by Crippen LogP contribution is 2.40. The van der Waals surface area contributed by atoms with Crippen LogP contribution >= 0.6 is 28.1 Å². The van der Waals surface area contributed by atoms with Gasteiger partial charge in [0.25, 0.3) is 5.91 Å². The maximum atomic E-state index is 14.1. The summed E-state index contributed by atoms with van der Waals surface area (Å²) in [5.41, 5.74) is 2.18. The van der Waals surface area contributed by atoms with Gasteiger partial charge in [-0.2, -0.15) is 0 Å². The molecule has 1 heterocycles. The molecule has 2 aromatic carbocycles. The fourth-order valence-corrected chi connectivity index (χ4v) is 5.07. The molecule has 0 aromatic heterocycles. The van der Waals surface area contributed by atoms with E-state index >= 15 is 0 Å². The van der Waals surface area contributed by atoms with Crippen LogP contribution < -0.4 is 19.5 Å². The number of aromatic hydroxyl groups is 1. The van der Waals surface area contributed by atoms with Gasteiger partial charge in [0, 0.05) is 15.7 Å². The molecule has 0 saturated heterocycles. The van der Waals surface area contributed by atoms with Gasteiger partial charge in [-0.1, -0.05) is 34.7 Å². The minimum atomic E-state index is -0.927. The van der Waals surface area contributed by atoms with Gasteiger partial charge < -0.3 is 29.4 Å². The molecule has 41 heavy (non-hydrogen) atoms. The van der Waals surface area contributed by atoms with Crippen LogP contribution in [0.2, 0.25) is 0 Å². The van der Waals surface area contributed by atoms with Gasteiger partial charge in [-0.25, -0.2) is 4.79 Å². The van der Waals surface area contributed by atoms with Crippen molar-refractivity contribution in [1.82, 2.24) is 10.2 Å². The van der Waals surface area contributed by atoms with Crippen molar-refractivity contribution in [3.8, 4) is 23.0 Å². The summed E-state index contributed by atoms with van der Waals surface area (Å²) in [6.45, 7) is 11.4. The fraction of sp³-hybridized carbons (Fsp3) is 0.300. The van der Waals surface area contributed by atoms with Crippen LogP contribution in [0.4, 0.5) is 0 Å². The molecule has 1 unspecified atom stereocenters. The first-order valence-electron chi connectivity index (χ1n) is 12.8. The number of hydrogen-bond acceptors (Lipinski definition) is 8. The molecule has 1 atom stereocenters. The van der Waals surface area contributed by atoms with Crippen molar-refractivity contribution in [1.29, 1.82) is 0 Å². The second kappa shape index (κ2) is 14.2. The zero-order chi connectivity index (χ0) is 30.3. The zero-order valence-electron chi connectivity index (χ0n) is 23.6. The monoisotopic (exact) mass is 644 g/mol. The molecule has 9 nitrogen and oxygen atoms in total. The Balaban J connectivity index is 2.18. The van der Waals surface area contributed by atoms with Gasteiger partial charge in [-0.3, -0.25) is 9.69 Å². The Morgan fingerprint density at radius 3 is 2.51 bits per heavy atom. The third kappa shape index (κ3) is 7.09. The van der Waals surface area contributed by atoms with Crippen molar-refractivity contribution >= 4 is 51.2 Å². The van der Waals surface area contributed by atoms with Crippen molar-refractivity contribution in [2.75, 3.05) is 26.9 Å². The standard InChI is InChI=1S/C30H33BrN2O7S/c1-7-12-40-23-11-10-19(14-25(23)38-8-2)27-26(29(36)39-9-3)18(5)32-30(41)33(27)28(35)17(4)13-20-15-24(37-6)22(34)16-21(20)31/h7,10-11,13-16,27,34H,1,8-9,12H2,2-6H3,(H,32,41)/b17-13+. The van der Waals surface area contributed by atoms with E-state index in [0.717, 1.165) is 0 Å². The smallest absolute Gasteiger partial charge is 0.338 e. The Labute approximate surface area is 253 Å². The van der Waals surface area contributed by atoms with E-state index in [0.29, 0.717) is 45.0 Å². The van der Waals surface area contributed by atoms with Gasteiger partial charge in [-0.05, 0) is 81.4 Å². The maximum absolute atomic E-state index is 14.1. The lowest BCUT2D eigenvalue weighted by molar-refractivity contribution is -0.139. The summed E-state index contributed by atoms with van der Waals surface area (Å²) in [7, 11) is 1.44. The Morgan fingerprint density at radius 1 is 1.15 bits per heavy atom. The summed E-state index contributed by atoms with van der Waals surface area (Å²) in [5, 5.41) is 13.2. The number of phenols is 1. The van der Waals surface area contributed by atoms with Crippen LogP contribution in [-0.2, 0) is 14.3 Å². The quantitative estimate of drug-likeness (QED) is 0.135. The molecule has 3 rings (SSSR count). The number of allylic oxidation sites excluding steroid dienone is 1. The summed E-state index contributed by atoms with van der Waals surface area (Å²) >= 11 is 9.07. The molecule has 2 N–H and O–H groups in total. The van der Waals surface area contributed by atoms with Gasteiger partial charge in [-0.15, -0.1) is 0 Å². The van der Waals surface area contributed by atoms with Crippen molar-refractivity contribution < 1.29 is 33.6 Å². The number of carbonyl (C=O) groups is 2. The number of methoxy groups -OCH3 is 1. The molecule has 1 aliphatic heterocycles. The number of benzene rings is 2. The second-order valence-corrected chi connectivity index (χ2v) is 10.1. The highest BCUT2D eigenvalue weighted by molar-refractivity contribution is 9.10. The summed E-state index contributed by atoms with van der Waals surface area (Å²) in [6.07, 6.45) is 3.26. The first-order chi connectivity index (χ1) is 19.6. The molecule has 0 aliphatic carbocycles. The fourth-order valence-electron chi connectivity index (χ4n) is 4.29. The lowest BCUT2D eigenvalue weighted by atomic mass is 9.92. The van der Waals surface area contributed by atoms with Crippen LogP contribution in [0, 0.1) is 0 Å². The lowest BCUT2D eigenvalue weighted by Crippen LogP contribution is -2.51. The number of amides is 1. The van der Waals surface area contributed by atoms with E-state index in [2.05, 4.69) is 27.8 Å². The maximum Gasteiger partial charge on any atom is 0.338 e. The van der Waals surface area contributed by atoms with E-state index < -0.39 is 17.9 Å². The number of esters is 1. The lowest BCUT2D eigenvalue weighted by Gasteiger charge is -2.38. The molecule has 2 aromatic rings. The molecule has 11 heteroatoms. The molecular formula is C30H33BrN2O7S. The molecular weight excluding hydrogens is 612 g/mol. The Morgan fingerprint density at radius 2 is 1.88 bits per heavy atom. The number of nitrogens with one attached hydrogen (secondary N) is 1. The molecule has 1 amide bonds. The Hall–Kier alpha value is -3.83. The van der Waals surface area contributed by atoms with Crippen molar-refractivity contribution in [2.24, 2.45) is 0 Å². The molecule has 1 aliphatic rings. The first-order valence-corrected chi connectivity index (χ1v) is 14.1. The van der Waals surface area contributed by atoms with E-state index in [1.807, 2.05) is 6.92 Å². The number of carbonyl (C=O) groups excluding carboxylic acids is 2. The van der Waals surface area contributed by atoms with Crippen LogP contribution in [0.1, 0.15) is 44.9 Å². The van der Waals surface area contributed by atoms with E-state index in [1.54, 1.807) is 57.2 Å². The van der Waals surface area contributed by atoms with Crippen LogP contribution in [0.5, 0.6) is 23.0 Å². The Bertz CT molecular complexity index is 1420. The minimum Gasteiger partial charge on any atom is -0.504 e. The average molecular weight is 646 g/mol. The highest BCUT2D eigenvalue weighted by Gasteiger charge is 2.41. The van der Waals surface area contributed by atoms with Crippen molar-refractivity contribution in [3.05, 3.63) is 75.4 Å². The van der Waals surface area contributed by atoms with Crippen molar-refractivity contribution in [2.45, 2.75) is 33.7 Å². The van der Waals surface area contributed by atoms with Crippen LogP contribution in [0.25, 0.3) is 6.08 Å². The minimum absolute atomic E-state index is 0.0488. The van der Waals surface area contributed by atoms with E-state index in [1.165, 1.54) is 18.1 Å². The van der Waals surface area contributed by atoms with E-state index in [-0.39, 0.29) is 35.4 Å². The first kappa shape index (κ1) is 31.7. The number of ether oxygens (including phenoxy) is 4. The van der Waals surface area contributed by atoms with E-state index in [4.69, 9.17) is 31.2 Å². The van der Waals surface area contributed by atoms with Gasteiger partial charge in [0.15, 0.2) is 28.1 Å². The summed E-state index contributed by atoms with van der Waals surface area (Å²) < 4.78 is 22.7. The predicted octanol–water partition coefficient (Wildman–Crippen LogP) is 5.83. The normalized spacial score (nSPS) is 15.3. The third-order valence-corrected chi connectivity index (χ3v) is 7.10. The molecule has 0 radical (unpaired) electrons. The van der Waals surface area contributed by atoms with Crippen molar-refractivity contribution in [3.63, 3.8) is 0 Å².